The first-order valence-electron chi connectivity index (χ1n) is 8.85. The van der Waals surface area contributed by atoms with Crippen molar-refractivity contribution in [1.82, 2.24) is 30.6 Å². The number of nitrogens with one attached hydrogen (secondary N) is 3. The summed E-state index contributed by atoms with van der Waals surface area (Å²) < 4.78 is 1.73. The fourth-order valence-corrected chi connectivity index (χ4v) is 3.71. The van der Waals surface area contributed by atoms with Gasteiger partial charge in [-0.05, 0) is 50.3 Å². The molecule has 0 unspecified atom stereocenters. The molecule has 2 aromatic rings. The first-order chi connectivity index (χ1) is 11.8. The molecule has 0 radical (unpaired) electrons. The molecule has 7 nitrogen and oxygen atoms in total. The Kier molecular flexibility index (Phi) is 4.34. The number of aryl methyl sites for hydroxylation is 1. The summed E-state index contributed by atoms with van der Waals surface area (Å²) in [4.78, 5) is 12.2. The van der Waals surface area contributed by atoms with Crippen molar-refractivity contribution in [3.05, 3.63) is 34.9 Å². The Morgan fingerprint density at radius 2 is 2.33 bits per heavy atom. The molecule has 24 heavy (non-hydrogen) atoms. The van der Waals surface area contributed by atoms with Crippen LogP contribution in [0.25, 0.3) is 0 Å². The molecule has 3 N–H and O–H groups in total. The molecular weight excluding hydrogens is 304 g/mol. The van der Waals surface area contributed by atoms with E-state index in [0.29, 0.717) is 12.5 Å². The smallest absolute Gasteiger partial charge is 0.242 e. The average Bonchev–Trinajstić information content (AvgIpc) is 3.31. The molecular formula is C17H24N6O. The van der Waals surface area contributed by atoms with Crippen LogP contribution in [0.5, 0.6) is 0 Å². The third kappa shape index (κ3) is 3.21. The van der Waals surface area contributed by atoms with E-state index in [2.05, 4.69) is 25.9 Å². The minimum atomic E-state index is -0.0267. The monoisotopic (exact) mass is 328 g/mol. The number of rotatable bonds is 5. The Balaban J connectivity index is 1.30. The van der Waals surface area contributed by atoms with Crippen LogP contribution >= 0.6 is 0 Å². The van der Waals surface area contributed by atoms with Crippen molar-refractivity contribution in [2.75, 3.05) is 13.1 Å². The number of hydrogen-bond acceptors (Lipinski definition) is 4. The maximum atomic E-state index is 12.2. The summed E-state index contributed by atoms with van der Waals surface area (Å²) in [6.07, 6.45) is 7.57. The fraction of sp³-hybridized carbons (Fsp3) is 0.588. The minimum absolute atomic E-state index is 0.0267. The molecule has 7 heteroatoms. The Bertz CT molecular complexity index is 712. The van der Waals surface area contributed by atoms with Crippen molar-refractivity contribution >= 4 is 5.91 Å². The lowest BCUT2D eigenvalue weighted by Crippen LogP contribution is -2.29. The zero-order valence-electron chi connectivity index (χ0n) is 13.8. The Labute approximate surface area is 141 Å². The van der Waals surface area contributed by atoms with Crippen molar-refractivity contribution in [2.45, 2.75) is 51.1 Å². The molecule has 128 valence electrons. The van der Waals surface area contributed by atoms with Crippen molar-refractivity contribution in [3.8, 4) is 0 Å². The molecule has 1 fully saturated rings. The van der Waals surface area contributed by atoms with Crippen molar-refractivity contribution in [3.63, 3.8) is 0 Å². The van der Waals surface area contributed by atoms with E-state index in [0.717, 1.165) is 37.3 Å². The number of piperidine rings is 1. The summed E-state index contributed by atoms with van der Waals surface area (Å²) in [6, 6.07) is 2.03. The number of amides is 1. The molecule has 1 aliphatic heterocycles. The molecule has 1 aliphatic carbocycles. The van der Waals surface area contributed by atoms with Gasteiger partial charge in [0, 0.05) is 24.4 Å². The van der Waals surface area contributed by atoms with Gasteiger partial charge in [-0.15, -0.1) is 0 Å². The second kappa shape index (κ2) is 6.76. The Hall–Kier alpha value is -2.15. The van der Waals surface area contributed by atoms with Gasteiger partial charge < -0.3 is 10.6 Å². The largest absolute Gasteiger partial charge is 0.349 e. The van der Waals surface area contributed by atoms with E-state index < -0.39 is 0 Å². The van der Waals surface area contributed by atoms with Gasteiger partial charge in [0.15, 0.2) is 0 Å². The first kappa shape index (κ1) is 15.4. The lowest BCUT2D eigenvalue weighted by molar-refractivity contribution is -0.122. The Morgan fingerprint density at radius 1 is 1.38 bits per heavy atom. The minimum Gasteiger partial charge on any atom is -0.349 e. The number of aromatic amines is 1. The lowest BCUT2D eigenvalue weighted by Gasteiger charge is -2.20. The van der Waals surface area contributed by atoms with Crippen LogP contribution in [0.1, 0.15) is 47.8 Å². The van der Waals surface area contributed by atoms with Crippen LogP contribution in [0.15, 0.2) is 12.3 Å². The van der Waals surface area contributed by atoms with Gasteiger partial charge >= 0.3 is 0 Å². The van der Waals surface area contributed by atoms with E-state index >= 15 is 0 Å². The van der Waals surface area contributed by atoms with Gasteiger partial charge in [0.1, 0.15) is 6.54 Å². The van der Waals surface area contributed by atoms with Gasteiger partial charge in [-0.2, -0.15) is 10.2 Å². The zero-order chi connectivity index (χ0) is 16.4. The molecule has 3 heterocycles. The van der Waals surface area contributed by atoms with E-state index in [1.54, 1.807) is 4.68 Å². The van der Waals surface area contributed by atoms with E-state index in [-0.39, 0.29) is 12.5 Å². The van der Waals surface area contributed by atoms with E-state index in [1.165, 1.54) is 30.5 Å². The molecule has 1 atom stereocenters. The molecule has 0 spiro atoms. The fourth-order valence-electron chi connectivity index (χ4n) is 3.71. The van der Waals surface area contributed by atoms with Crippen LogP contribution in [0.3, 0.4) is 0 Å². The maximum absolute atomic E-state index is 12.2. The normalized spacial score (nSPS) is 20.1. The highest BCUT2D eigenvalue weighted by atomic mass is 16.2. The highest BCUT2D eigenvalue weighted by molar-refractivity contribution is 5.75. The third-order valence-corrected chi connectivity index (χ3v) is 5.03. The quantitative estimate of drug-likeness (QED) is 0.760. The molecule has 2 aliphatic rings. The van der Waals surface area contributed by atoms with Crippen molar-refractivity contribution in [2.24, 2.45) is 0 Å². The summed E-state index contributed by atoms with van der Waals surface area (Å²) in [5, 5.41) is 18.3. The van der Waals surface area contributed by atoms with Crippen LogP contribution in [0.2, 0.25) is 0 Å². The van der Waals surface area contributed by atoms with E-state index in [1.807, 2.05) is 12.3 Å². The third-order valence-electron chi connectivity index (χ3n) is 5.03. The van der Waals surface area contributed by atoms with Gasteiger partial charge in [0.2, 0.25) is 5.91 Å². The number of carbonyl (C=O) groups excluding carboxylic acids is 1. The van der Waals surface area contributed by atoms with Crippen LogP contribution in [-0.2, 0) is 30.7 Å². The van der Waals surface area contributed by atoms with Crippen LogP contribution in [-0.4, -0.2) is 39.0 Å². The maximum Gasteiger partial charge on any atom is 0.242 e. The first-order valence-corrected chi connectivity index (χ1v) is 8.85. The van der Waals surface area contributed by atoms with Gasteiger partial charge in [-0.1, -0.05) is 0 Å². The highest BCUT2D eigenvalue weighted by Gasteiger charge is 2.19. The second-order valence-electron chi connectivity index (χ2n) is 6.74. The van der Waals surface area contributed by atoms with Gasteiger partial charge in [-0.3, -0.25) is 14.6 Å². The lowest BCUT2D eigenvalue weighted by atomic mass is 9.97. The number of fused-ring (bicyclic) bond motifs is 1. The number of hydrogen-bond donors (Lipinski definition) is 3. The number of H-pyrrole nitrogens is 1. The topological polar surface area (TPSA) is 87.6 Å². The van der Waals surface area contributed by atoms with Gasteiger partial charge in [-0.25, -0.2) is 0 Å². The second-order valence-corrected chi connectivity index (χ2v) is 6.74. The van der Waals surface area contributed by atoms with Crippen LogP contribution < -0.4 is 10.6 Å². The van der Waals surface area contributed by atoms with E-state index in [4.69, 9.17) is 0 Å². The summed E-state index contributed by atoms with van der Waals surface area (Å²) >= 11 is 0. The van der Waals surface area contributed by atoms with Crippen LogP contribution in [0.4, 0.5) is 0 Å². The van der Waals surface area contributed by atoms with Gasteiger partial charge in [0.25, 0.3) is 0 Å². The van der Waals surface area contributed by atoms with Crippen molar-refractivity contribution < 1.29 is 4.79 Å². The van der Waals surface area contributed by atoms with Gasteiger partial charge in [0.05, 0.1) is 17.9 Å². The number of nitrogens with zero attached hydrogens (tertiary/aromatic N) is 3. The molecule has 1 saturated heterocycles. The summed E-state index contributed by atoms with van der Waals surface area (Å²) in [7, 11) is 0. The summed E-state index contributed by atoms with van der Waals surface area (Å²) in [5.74, 6) is 0.441. The molecule has 1 amide bonds. The predicted molar refractivity (Wildman–Crippen MR) is 89.5 cm³/mol. The zero-order valence-corrected chi connectivity index (χ0v) is 13.8. The standard InChI is InChI=1S/C17H24N6O/c24-17(19-10-16-13-4-1-5-15(13)20-21-16)11-23-8-6-14(22-23)12-3-2-7-18-9-12/h6,8,12,18H,1-5,7,9-11H2,(H,19,24)(H,20,21)/t12-/m0/s1. The van der Waals surface area contributed by atoms with E-state index in [9.17, 15) is 4.79 Å². The number of aromatic nitrogens is 4. The van der Waals surface area contributed by atoms with Crippen molar-refractivity contribution in [1.29, 1.82) is 0 Å². The molecule has 0 saturated carbocycles. The predicted octanol–water partition coefficient (Wildman–Crippen LogP) is 0.878. The SMILES string of the molecule is O=C(Cn1ccc([C@H]2CCCNC2)n1)NCc1n[nH]c2c1CCC2. The summed E-state index contributed by atoms with van der Waals surface area (Å²) in [6.45, 7) is 2.82. The average molecular weight is 328 g/mol. The molecule has 0 aromatic carbocycles. The summed E-state index contributed by atoms with van der Waals surface area (Å²) in [5.41, 5.74) is 4.59. The van der Waals surface area contributed by atoms with Crippen LogP contribution in [0, 0.1) is 0 Å². The Morgan fingerprint density at radius 3 is 3.21 bits per heavy atom. The highest BCUT2D eigenvalue weighted by Crippen LogP contribution is 2.23. The molecule has 2 aromatic heterocycles. The molecule has 0 bridgehead atoms. The number of carbonyl (C=O) groups is 1. The molecule has 4 rings (SSSR count).